The highest BCUT2D eigenvalue weighted by Crippen LogP contribution is 2.26. The molecule has 0 saturated carbocycles. The molecule has 0 radical (unpaired) electrons. The Morgan fingerprint density at radius 1 is 1.45 bits per heavy atom. The standard InChI is InChI=1S/C14H19FN2O2S/c1-3-12-14(18)17(7-8-20(2)19)13(16-12)10-5-4-6-11(15)9-10/h4-6,9,12-13,16H,3,7-8H2,1-2H3. The van der Waals surface area contributed by atoms with Crippen LogP contribution in [0.2, 0.25) is 0 Å². The molecule has 1 heterocycles. The maximum absolute atomic E-state index is 13.4. The van der Waals surface area contributed by atoms with Gasteiger partial charge in [-0.1, -0.05) is 19.1 Å². The van der Waals surface area contributed by atoms with Gasteiger partial charge in [0, 0.05) is 29.4 Å². The average Bonchev–Trinajstić information content (AvgIpc) is 2.73. The fraction of sp³-hybridized carbons (Fsp3) is 0.500. The number of halogens is 1. The van der Waals surface area contributed by atoms with Crippen LogP contribution >= 0.6 is 0 Å². The van der Waals surface area contributed by atoms with Crippen molar-refractivity contribution in [3.8, 4) is 0 Å². The third-order valence-electron chi connectivity index (χ3n) is 3.44. The average molecular weight is 298 g/mol. The van der Waals surface area contributed by atoms with Gasteiger partial charge in [0.2, 0.25) is 5.91 Å². The number of rotatable bonds is 5. The van der Waals surface area contributed by atoms with E-state index >= 15 is 0 Å². The second-order valence-corrected chi connectivity index (χ2v) is 6.45. The summed E-state index contributed by atoms with van der Waals surface area (Å²) in [5, 5.41) is 3.22. The molecule has 1 aliphatic heterocycles. The minimum Gasteiger partial charge on any atom is -0.321 e. The van der Waals surface area contributed by atoms with Crippen molar-refractivity contribution in [1.29, 1.82) is 0 Å². The molecule has 2 rings (SSSR count). The molecule has 4 nitrogen and oxygen atoms in total. The molecule has 110 valence electrons. The normalized spacial score (nSPS) is 24.1. The largest absolute Gasteiger partial charge is 0.321 e. The van der Waals surface area contributed by atoms with E-state index in [-0.39, 0.29) is 23.9 Å². The summed E-state index contributed by atoms with van der Waals surface area (Å²) in [6, 6.07) is 5.98. The Hall–Kier alpha value is -1.27. The molecule has 1 saturated heterocycles. The number of hydrogen-bond acceptors (Lipinski definition) is 3. The highest BCUT2D eigenvalue weighted by Gasteiger charge is 2.38. The van der Waals surface area contributed by atoms with Crippen molar-refractivity contribution in [2.24, 2.45) is 0 Å². The van der Waals surface area contributed by atoms with Gasteiger partial charge in [0.15, 0.2) is 0 Å². The molecule has 1 aromatic carbocycles. The topological polar surface area (TPSA) is 49.4 Å². The number of nitrogens with one attached hydrogen (secondary N) is 1. The second-order valence-electron chi connectivity index (χ2n) is 4.89. The fourth-order valence-electron chi connectivity index (χ4n) is 2.39. The molecule has 3 unspecified atom stereocenters. The Kier molecular flexibility index (Phi) is 4.88. The third kappa shape index (κ3) is 3.24. The van der Waals surface area contributed by atoms with Crippen LogP contribution < -0.4 is 5.32 Å². The lowest BCUT2D eigenvalue weighted by Gasteiger charge is -2.24. The van der Waals surface area contributed by atoms with Crippen LogP contribution in [-0.2, 0) is 15.6 Å². The van der Waals surface area contributed by atoms with Gasteiger partial charge >= 0.3 is 0 Å². The van der Waals surface area contributed by atoms with E-state index in [9.17, 15) is 13.4 Å². The van der Waals surface area contributed by atoms with E-state index in [1.165, 1.54) is 12.1 Å². The monoisotopic (exact) mass is 298 g/mol. The summed E-state index contributed by atoms with van der Waals surface area (Å²) in [6.07, 6.45) is 1.95. The van der Waals surface area contributed by atoms with E-state index in [4.69, 9.17) is 0 Å². The maximum atomic E-state index is 13.4. The van der Waals surface area contributed by atoms with Crippen molar-refractivity contribution < 1.29 is 13.4 Å². The van der Waals surface area contributed by atoms with Gasteiger partial charge in [-0.25, -0.2) is 4.39 Å². The summed E-state index contributed by atoms with van der Waals surface area (Å²) in [7, 11) is -0.961. The van der Waals surface area contributed by atoms with Crippen molar-refractivity contribution in [3.63, 3.8) is 0 Å². The third-order valence-corrected chi connectivity index (χ3v) is 4.20. The molecule has 0 spiro atoms. The van der Waals surface area contributed by atoms with Crippen LogP contribution in [0.1, 0.15) is 25.1 Å². The molecule has 1 aromatic rings. The van der Waals surface area contributed by atoms with E-state index in [1.807, 2.05) is 6.92 Å². The molecule has 0 aliphatic carbocycles. The Balaban J connectivity index is 2.23. The SMILES string of the molecule is CCC1NC(c2cccc(F)c2)N(CCS(C)=O)C1=O. The van der Waals surface area contributed by atoms with Gasteiger partial charge in [0.25, 0.3) is 0 Å². The smallest absolute Gasteiger partial charge is 0.241 e. The van der Waals surface area contributed by atoms with Crippen LogP contribution in [0.25, 0.3) is 0 Å². The van der Waals surface area contributed by atoms with Crippen LogP contribution in [0.4, 0.5) is 4.39 Å². The summed E-state index contributed by atoms with van der Waals surface area (Å²) in [6.45, 7) is 2.34. The predicted octanol–water partition coefficient (Wildman–Crippen LogP) is 1.41. The maximum Gasteiger partial charge on any atom is 0.241 e. The van der Waals surface area contributed by atoms with Crippen LogP contribution in [-0.4, -0.2) is 39.6 Å². The number of carbonyl (C=O) groups excluding carboxylic acids is 1. The predicted molar refractivity (Wildman–Crippen MR) is 77.0 cm³/mol. The van der Waals surface area contributed by atoms with Crippen molar-refractivity contribution in [3.05, 3.63) is 35.6 Å². The van der Waals surface area contributed by atoms with Crippen molar-refractivity contribution in [2.45, 2.75) is 25.6 Å². The number of nitrogens with zero attached hydrogens (tertiary/aromatic N) is 1. The molecule has 0 bridgehead atoms. The Labute approximate surface area is 120 Å². The van der Waals surface area contributed by atoms with Gasteiger partial charge in [0.1, 0.15) is 12.0 Å². The second kappa shape index (κ2) is 6.45. The lowest BCUT2D eigenvalue weighted by atomic mass is 10.1. The molecule has 0 aromatic heterocycles. The van der Waals surface area contributed by atoms with E-state index < -0.39 is 10.8 Å². The summed E-state index contributed by atoms with van der Waals surface area (Å²) < 4.78 is 24.6. The zero-order chi connectivity index (χ0) is 14.7. The first-order chi connectivity index (χ1) is 9.52. The molecule has 3 atom stereocenters. The number of hydrogen-bond donors (Lipinski definition) is 1. The van der Waals surface area contributed by atoms with Gasteiger partial charge in [-0.05, 0) is 24.1 Å². The first-order valence-electron chi connectivity index (χ1n) is 6.65. The first kappa shape index (κ1) is 15.1. The minimum absolute atomic E-state index is 0.00721. The highest BCUT2D eigenvalue weighted by molar-refractivity contribution is 7.84. The molecule has 20 heavy (non-hydrogen) atoms. The van der Waals surface area contributed by atoms with E-state index in [0.29, 0.717) is 18.7 Å². The summed E-state index contributed by atoms with van der Waals surface area (Å²) in [5.74, 6) is 0.0956. The first-order valence-corrected chi connectivity index (χ1v) is 8.37. The lowest BCUT2D eigenvalue weighted by molar-refractivity contribution is -0.129. The Bertz CT molecular complexity index is 524. The molecule has 1 N–H and O–H groups in total. The molecule has 6 heteroatoms. The van der Waals surface area contributed by atoms with Crippen LogP contribution in [0.3, 0.4) is 0 Å². The Morgan fingerprint density at radius 2 is 2.20 bits per heavy atom. The van der Waals surface area contributed by atoms with Crippen LogP contribution in [0.15, 0.2) is 24.3 Å². The zero-order valence-corrected chi connectivity index (χ0v) is 12.5. The van der Waals surface area contributed by atoms with E-state index in [1.54, 1.807) is 23.3 Å². The van der Waals surface area contributed by atoms with E-state index in [2.05, 4.69) is 5.32 Å². The minimum atomic E-state index is -0.961. The lowest BCUT2D eigenvalue weighted by Crippen LogP contribution is -2.34. The van der Waals surface area contributed by atoms with Crippen LogP contribution in [0, 0.1) is 5.82 Å². The Morgan fingerprint density at radius 3 is 2.80 bits per heavy atom. The van der Waals surface area contributed by atoms with Gasteiger partial charge in [-0.2, -0.15) is 0 Å². The van der Waals surface area contributed by atoms with Crippen molar-refractivity contribution in [2.75, 3.05) is 18.6 Å². The van der Waals surface area contributed by atoms with Crippen molar-refractivity contribution in [1.82, 2.24) is 10.2 Å². The van der Waals surface area contributed by atoms with Gasteiger partial charge in [0.05, 0.1) is 6.04 Å². The molecular formula is C14H19FN2O2S. The summed E-state index contributed by atoms with van der Waals surface area (Å²) in [4.78, 5) is 13.9. The van der Waals surface area contributed by atoms with Crippen LogP contribution in [0.5, 0.6) is 0 Å². The number of benzene rings is 1. The molecule has 1 amide bonds. The summed E-state index contributed by atoms with van der Waals surface area (Å²) in [5.41, 5.74) is 0.719. The number of carbonyl (C=O) groups is 1. The fourth-order valence-corrected chi connectivity index (χ4v) is 2.84. The number of amides is 1. The van der Waals surface area contributed by atoms with Gasteiger partial charge in [-0.3, -0.25) is 14.3 Å². The highest BCUT2D eigenvalue weighted by atomic mass is 32.2. The van der Waals surface area contributed by atoms with E-state index in [0.717, 1.165) is 5.56 Å². The quantitative estimate of drug-likeness (QED) is 0.894. The zero-order valence-electron chi connectivity index (χ0n) is 11.6. The molecular weight excluding hydrogens is 279 g/mol. The van der Waals surface area contributed by atoms with Gasteiger partial charge < -0.3 is 4.90 Å². The van der Waals surface area contributed by atoms with Gasteiger partial charge in [-0.15, -0.1) is 0 Å². The van der Waals surface area contributed by atoms with Crippen molar-refractivity contribution >= 4 is 16.7 Å². The molecule has 1 aliphatic rings. The summed E-state index contributed by atoms with van der Waals surface area (Å²) >= 11 is 0. The molecule has 1 fully saturated rings.